The molecule has 0 aromatic heterocycles. The summed E-state index contributed by atoms with van der Waals surface area (Å²) in [7, 11) is 0. The summed E-state index contributed by atoms with van der Waals surface area (Å²) < 4.78 is 26.2. The van der Waals surface area contributed by atoms with Crippen molar-refractivity contribution in [3.63, 3.8) is 0 Å². The van der Waals surface area contributed by atoms with Gasteiger partial charge < -0.3 is 0 Å². The van der Waals surface area contributed by atoms with Crippen LogP contribution in [0.15, 0.2) is 18.2 Å². The monoisotopic (exact) mass is 274 g/mol. The van der Waals surface area contributed by atoms with Crippen LogP contribution in [0.2, 0.25) is 0 Å². The van der Waals surface area contributed by atoms with Gasteiger partial charge in [0.2, 0.25) is 0 Å². The Labute approximate surface area is 96.8 Å². The third kappa shape index (κ3) is 2.22. The first-order chi connectivity index (χ1) is 6.99. The van der Waals surface area contributed by atoms with E-state index in [0.717, 1.165) is 30.9 Å². The first-order valence-electron chi connectivity index (χ1n) is 5.10. The average molecular weight is 275 g/mol. The SMILES string of the molecule is CC1(c2cc(F)cc(F)c2)CCC(Br)C1. The van der Waals surface area contributed by atoms with Crippen molar-refractivity contribution in [2.24, 2.45) is 0 Å². The minimum absolute atomic E-state index is 0.0862. The minimum Gasteiger partial charge on any atom is -0.207 e. The smallest absolute Gasteiger partial charge is 0.126 e. The van der Waals surface area contributed by atoms with Crippen LogP contribution in [-0.4, -0.2) is 4.83 Å². The number of hydrogen-bond acceptors (Lipinski definition) is 0. The molecule has 0 saturated heterocycles. The molecule has 1 aromatic carbocycles. The number of hydrogen-bond donors (Lipinski definition) is 0. The summed E-state index contributed by atoms with van der Waals surface area (Å²) in [5.74, 6) is -0.964. The number of rotatable bonds is 1. The van der Waals surface area contributed by atoms with Gasteiger partial charge in [-0.1, -0.05) is 22.9 Å². The molecule has 1 aromatic rings. The highest BCUT2D eigenvalue weighted by molar-refractivity contribution is 9.09. The molecule has 82 valence electrons. The van der Waals surface area contributed by atoms with Crippen molar-refractivity contribution in [2.75, 3.05) is 0 Å². The van der Waals surface area contributed by atoms with E-state index in [1.54, 1.807) is 0 Å². The predicted molar refractivity (Wildman–Crippen MR) is 60.3 cm³/mol. The Morgan fingerprint density at radius 2 is 1.87 bits per heavy atom. The van der Waals surface area contributed by atoms with Crippen molar-refractivity contribution in [1.29, 1.82) is 0 Å². The van der Waals surface area contributed by atoms with Gasteiger partial charge in [0.25, 0.3) is 0 Å². The number of halogens is 3. The molecule has 3 heteroatoms. The van der Waals surface area contributed by atoms with Gasteiger partial charge in [0.15, 0.2) is 0 Å². The summed E-state index contributed by atoms with van der Waals surface area (Å²) in [6, 6.07) is 3.83. The second-order valence-electron chi connectivity index (χ2n) is 4.56. The van der Waals surface area contributed by atoms with E-state index in [1.165, 1.54) is 12.1 Å². The van der Waals surface area contributed by atoms with Crippen LogP contribution in [0, 0.1) is 11.6 Å². The maximum atomic E-state index is 13.1. The largest absolute Gasteiger partial charge is 0.207 e. The molecule has 1 aliphatic carbocycles. The van der Waals surface area contributed by atoms with Crippen LogP contribution in [0.5, 0.6) is 0 Å². The van der Waals surface area contributed by atoms with Crippen LogP contribution in [0.1, 0.15) is 31.7 Å². The molecule has 0 nitrogen and oxygen atoms in total. The molecular formula is C12H13BrF2. The van der Waals surface area contributed by atoms with Crippen molar-refractivity contribution in [1.82, 2.24) is 0 Å². The van der Waals surface area contributed by atoms with Gasteiger partial charge in [-0.05, 0) is 42.4 Å². The molecule has 1 saturated carbocycles. The molecule has 15 heavy (non-hydrogen) atoms. The van der Waals surface area contributed by atoms with Crippen molar-refractivity contribution in [3.05, 3.63) is 35.4 Å². The Balaban J connectivity index is 2.36. The van der Waals surface area contributed by atoms with Crippen LogP contribution in [0.4, 0.5) is 8.78 Å². The van der Waals surface area contributed by atoms with E-state index in [4.69, 9.17) is 0 Å². The van der Waals surface area contributed by atoms with E-state index in [1.807, 2.05) is 0 Å². The van der Waals surface area contributed by atoms with Gasteiger partial charge in [-0.2, -0.15) is 0 Å². The van der Waals surface area contributed by atoms with Crippen molar-refractivity contribution < 1.29 is 8.78 Å². The topological polar surface area (TPSA) is 0 Å². The quantitative estimate of drug-likeness (QED) is 0.675. The summed E-state index contributed by atoms with van der Waals surface area (Å²) in [4.78, 5) is 0.467. The van der Waals surface area contributed by atoms with Gasteiger partial charge in [-0.3, -0.25) is 0 Å². The molecule has 0 spiro atoms. The molecule has 0 N–H and O–H groups in total. The Kier molecular flexibility index (Phi) is 2.84. The van der Waals surface area contributed by atoms with Crippen LogP contribution in [-0.2, 0) is 5.41 Å². The molecule has 1 aliphatic rings. The molecule has 0 aliphatic heterocycles. The van der Waals surface area contributed by atoms with Crippen LogP contribution < -0.4 is 0 Å². The fourth-order valence-electron chi connectivity index (χ4n) is 2.33. The molecule has 2 unspecified atom stereocenters. The second-order valence-corrected chi connectivity index (χ2v) is 5.85. The molecule has 0 bridgehead atoms. The predicted octanol–water partition coefficient (Wildman–Crippen LogP) is 4.17. The zero-order valence-electron chi connectivity index (χ0n) is 8.56. The minimum atomic E-state index is -0.482. The van der Waals surface area contributed by atoms with Crippen molar-refractivity contribution in [2.45, 2.75) is 36.4 Å². The fraction of sp³-hybridized carbons (Fsp3) is 0.500. The zero-order valence-corrected chi connectivity index (χ0v) is 10.2. The maximum absolute atomic E-state index is 13.1. The standard InChI is InChI=1S/C12H13BrF2/c1-12(3-2-9(13)7-12)8-4-10(14)6-11(15)5-8/h4-6,9H,2-3,7H2,1H3. The van der Waals surface area contributed by atoms with E-state index in [-0.39, 0.29) is 5.41 Å². The first kappa shape index (κ1) is 11.1. The zero-order chi connectivity index (χ0) is 11.1. The lowest BCUT2D eigenvalue weighted by Gasteiger charge is -2.24. The molecule has 0 heterocycles. The summed E-state index contributed by atoms with van der Waals surface area (Å²) in [6.45, 7) is 2.07. The van der Waals surface area contributed by atoms with Gasteiger partial charge in [0.1, 0.15) is 11.6 Å². The van der Waals surface area contributed by atoms with E-state index < -0.39 is 11.6 Å². The normalized spacial score (nSPS) is 30.8. The van der Waals surface area contributed by atoms with E-state index in [9.17, 15) is 8.78 Å². The Morgan fingerprint density at radius 3 is 2.33 bits per heavy atom. The summed E-state index contributed by atoms with van der Waals surface area (Å²) in [5, 5.41) is 0. The Hall–Kier alpha value is -0.440. The Morgan fingerprint density at radius 1 is 1.27 bits per heavy atom. The molecular weight excluding hydrogens is 262 g/mol. The third-order valence-electron chi connectivity index (χ3n) is 3.24. The Bertz CT molecular complexity index is 358. The van der Waals surface area contributed by atoms with Crippen LogP contribution >= 0.6 is 15.9 Å². The number of benzene rings is 1. The lowest BCUT2D eigenvalue weighted by atomic mass is 9.81. The fourth-order valence-corrected chi connectivity index (χ4v) is 3.28. The average Bonchev–Trinajstić information content (AvgIpc) is 2.46. The lowest BCUT2D eigenvalue weighted by Crippen LogP contribution is -2.18. The second kappa shape index (κ2) is 3.85. The van der Waals surface area contributed by atoms with Crippen LogP contribution in [0.3, 0.4) is 0 Å². The van der Waals surface area contributed by atoms with E-state index in [2.05, 4.69) is 22.9 Å². The van der Waals surface area contributed by atoms with Gasteiger partial charge in [0, 0.05) is 10.9 Å². The molecule has 2 atom stereocenters. The van der Waals surface area contributed by atoms with E-state index in [0.29, 0.717) is 4.83 Å². The third-order valence-corrected chi connectivity index (χ3v) is 4.02. The summed E-state index contributed by atoms with van der Waals surface area (Å²) in [6.07, 6.45) is 2.98. The van der Waals surface area contributed by atoms with Crippen molar-refractivity contribution in [3.8, 4) is 0 Å². The highest BCUT2D eigenvalue weighted by atomic mass is 79.9. The molecule has 1 fully saturated rings. The summed E-state index contributed by atoms with van der Waals surface area (Å²) >= 11 is 3.56. The van der Waals surface area contributed by atoms with Gasteiger partial charge in [-0.15, -0.1) is 0 Å². The van der Waals surface area contributed by atoms with Gasteiger partial charge in [-0.25, -0.2) is 8.78 Å². The van der Waals surface area contributed by atoms with Gasteiger partial charge in [0.05, 0.1) is 0 Å². The lowest BCUT2D eigenvalue weighted by molar-refractivity contribution is 0.480. The molecule has 2 rings (SSSR count). The number of alkyl halides is 1. The van der Waals surface area contributed by atoms with E-state index >= 15 is 0 Å². The summed E-state index contributed by atoms with van der Waals surface area (Å²) in [5.41, 5.74) is 0.693. The molecule has 0 radical (unpaired) electrons. The van der Waals surface area contributed by atoms with Crippen molar-refractivity contribution >= 4 is 15.9 Å². The highest BCUT2D eigenvalue weighted by Gasteiger charge is 2.35. The maximum Gasteiger partial charge on any atom is 0.126 e. The van der Waals surface area contributed by atoms with Crippen LogP contribution in [0.25, 0.3) is 0 Å². The highest BCUT2D eigenvalue weighted by Crippen LogP contribution is 2.43. The van der Waals surface area contributed by atoms with Gasteiger partial charge >= 0.3 is 0 Å². The molecule has 0 amide bonds. The first-order valence-corrected chi connectivity index (χ1v) is 6.02.